The number of pyridine rings is 1. The lowest BCUT2D eigenvalue weighted by atomic mass is 10.1. The van der Waals surface area contributed by atoms with Gasteiger partial charge in [0.05, 0.1) is 12.7 Å². The second-order valence-electron chi connectivity index (χ2n) is 4.56. The molecule has 18 heavy (non-hydrogen) atoms. The van der Waals surface area contributed by atoms with E-state index in [-0.39, 0.29) is 12.6 Å². The SMILES string of the molecule is CCCN(C[C@@H](O)c1ccc(N)nc1)[C@@H](C)CO. The van der Waals surface area contributed by atoms with E-state index in [1.165, 1.54) is 0 Å². The highest BCUT2D eigenvalue weighted by Crippen LogP contribution is 2.15. The number of aromatic nitrogens is 1. The maximum atomic E-state index is 10.1. The summed E-state index contributed by atoms with van der Waals surface area (Å²) in [6, 6.07) is 3.50. The third-order valence-corrected chi connectivity index (χ3v) is 3.00. The Labute approximate surface area is 108 Å². The predicted molar refractivity (Wildman–Crippen MR) is 72.0 cm³/mol. The number of aliphatic hydroxyl groups is 2. The Kier molecular flexibility index (Phi) is 6.04. The van der Waals surface area contributed by atoms with E-state index < -0.39 is 6.10 Å². The molecule has 0 saturated heterocycles. The van der Waals surface area contributed by atoms with Crippen LogP contribution in [0.3, 0.4) is 0 Å². The minimum absolute atomic E-state index is 0.0429. The highest BCUT2D eigenvalue weighted by molar-refractivity contribution is 5.30. The summed E-state index contributed by atoms with van der Waals surface area (Å²) in [5.74, 6) is 0.445. The molecule has 0 fully saturated rings. The molecular weight excluding hydrogens is 230 g/mol. The number of aliphatic hydroxyl groups excluding tert-OH is 2. The van der Waals surface area contributed by atoms with Crippen molar-refractivity contribution in [3.05, 3.63) is 23.9 Å². The van der Waals surface area contributed by atoms with Crippen LogP contribution >= 0.6 is 0 Å². The fourth-order valence-electron chi connectivity index (χ4n) is 1.84. The predicted octanol–water partition coefficient (Wildman–Crippen LogP) is 0.790. The van der Waals surface area contributed by atoms with Gasteiger partial charge in [0, 0.05) is 24.3 Å². The Bertz CT molecular complexity index is 343. The summed E-state index contributed by atoms with van der Waals surface area (Å²) >= 11 is 0. The molecule has 0 unspecified atom stereocenters. The summed E-state index contributed by atoms with van der Waals surface area (Å²) in [5, 5.41) is 19.3. The topological polar surface area (TPSA) is 82.6 Å². The lowest BCUT2D eigenvalue weighted by Gasteiger charge is -2.29. The van der Waals surface area contributed by atoms with Gasteiger partial charge in [-0.05, 0) is 26.0 Å². The van der Waals surface area contributed by atoms with Crippen molar-refractivity contribution in [2.75, 3.05) is 25.4 Å². The highest BCUT2D eigenvalue weighted by atomic mass is 16.3. The van der Waals surface area contributed by atoms with Crippen LogP contribution in [0.25, 0.3) is 0 Å². The maximum Gasteiger partial charge on any atom is 0.123 e. The van der Waals surface area contributed by atoms with Crippen molar-refractivity contribution >= 4 is 5.82 Å². The molecule has 0 radical (unpaired) electrons. The van der Waals surface area contributed by atoms with Crippen LogP contribution in [0.15, 0.2) is 18.3 Å². The van der Waals surface area contributed by atoms with E-state index in [1.54, 1.807) is 18.3 Å². The molecular formula is C13H23N3O2. The van der Waals surface area contributed by atoms with Crippen LogP contribution in [-0.4, -0.2) is 45.8 Å². The summed E-state index contributed by atoms with van der Waals surface area (Å²) in [5.41, 5.74) is 6.26. The van der Waals surface area contributed by atoms with Gasteiger partial charge in [0.15, 0.2) is 0 Å². The van der Waals surface area contributed by atoms with Crippen LogP contribution in [0.5, 0.6) is 0 Å². The van der Waals surface area contributed by atoms with E-state index in [9.17, 15) is 10.2 Å². The number of anilines is 1. The van der Waals surface area contributed by atoms with Crippen LogP contribution in [0.1, 0.15) is 31.9 Å². The summed E-state index contributed by atoms with van der Waals surface area (Å²) in [7, 11) is 0. The Morgan fingerprint density at radius 1 is 1.44 bits per heavy atom. The molecule has 1 rings (SSSR count). The zero-order chi connectivity index (χ0) is 13.5. The van der Waals surface area contributed by atoms with Crippen LogP contribution in [0.2, 0.25) is 0 Å². The first-order chi connectivity index (χ1) is 8.58. The first kappa shape index (κ1) is 14.9. The number of nitrogen functional groups attached to an aromatic ring is 1. The third-order valence-electron chi connectivity index (χ3n) is 3.00. The average molecular weight is 253 g/mol. The smallest absolute Gasteiger partial charge is 0.123 e. The molecule has 5 nitrogen and oxygen atoms in total. The minimum Gasteiger partial charge on any atom is -0.395 e. The van der Waals surface area contributed by atoms with Crippen molar-refractivity contribution in [2.45, 2.75) is 32.4 Å². The van der Waals surface area contributed by atoms with E-state index in [4.69, 9.17) is 5.73 Å². The van der Waals surface area contributed by atoms with Gasteiger partial charge in [0.25, 0.3) is 0 Å². The first-order valence-electron chi connectivity index (χ1n) is 6.32. The monoisotopic (exact) mass is 253 g/mol. The molecule has 0 spiro atoms. The molecule has 0 aliphatic rings. The molecule has 102 valence electrons. The van der Waals surface area contributed by atoms with Gasteiger partial charge in [-0.3, -0.25) is 4.90 Å². The van der Waals surface area contributed by atoms with Crippen LogP contribution < -0.4 is 5.73 Å². The third kappa shape index (κ3) is 4.25. The Morgan fingerprint density at radius 3 is 2.67 bits per heavy atom. The van der Waals surface area contributed by atoms with Gasteiger partial charge < -0.3 is 15.9 Å². The van der Waals surface area contributed by atoms with Crippen molar-refractivity contribution in [3.8, 4) is 0 Å². The average Bonchev–Trinajstić information content (AvgIpc) is 2.38. The normalized spacial score (nSPS) is 14.7. The fourth-order valence-corrected chi connectivity index (χ4v) is 1.84. The van der Waals surface area contributed by atoms with Crippen molar-refractivity contribution in [2.24, 2.45) is 0 Å². The Balaban J connectivity index is 2.65. The molecule has 1 heterocycles. The number of nitrogens with two attached hydrogens (primary N) is 1. The lowest BCUT2D eigenvalue weighted by molar-refractivity contribution is 0.0684. The van der Waals surface area contributed by atoms with Gasteiger partial charge in [-0.25, -0.2) is 4.98 Å². The number of hydrogen-bond acceptors (Lipinski definition) is 5. The van der Waals surface area contributed by atoms with Crippen LogP contribution in [0, 0.1) is 0 Å². The van der Waals surface area contributed by atoms with Gasteiger partial charge in [-0.15, -0.1) is 0 Å². The zero-order valence-electron chi connectivity index (χ0n) is 11.1. The molecule has 0 amide bonds. The van der Waals surface area contributed by atoms with Gasteiger partial charge in [-0.2, -0.15) is 0 Å². The Morgan fingerprint density at radius 2 is 2.17 bits per heavy atom. The quantitative estimate of drug-likeness (QED) is 0.669. The summed E-state index contributed by atoms with van der Waals surface area (Å²) in [6.07, 6.45) is 1.96. The van der Waals surface area contributed by atoms with E-state index in [0.29, 0.717) is 12.4 Å². The molecule has 0 saturated carbocycles. The van der Waals surface area contributed by atoms with E-state index in [0.717, 1.165) is 18.5 Å². The van der Waals surface area contributed by atoms with Gasteiger partial charge in [-0.1, -0.05) is 13.0 Å². The lowest BCUT2D eigenvalue weighted by Crippen LogP contribution is -2.39. The molecule has 5 heteroatoms. The van der Waals surface area contributed by atoms with E-state index in [1.807, 2.05) is 6.92 Å². The first-order valence-corrected chi connectivity index (χ1v) is 6.32. The molecule has 4 N–H and O–H groups in total. The molecule has 0 aromatic carbocycles. The highest BCUT2D eigenvalue weighted by Gasteiger charge is 2.17. The molecule has 0 aliphatic carbocycles. The van der Waals surface area contributed by atoms with Gasteiger partial charge in [0.2, 0.25) is 0 Å². The summed E-state index contributed by atoms with van der Waals surface area (Å²) in [4.78, 5) is 6.04. The largest absolute Gasteiger partial charge is 0.395 e. The van der Waals surface area contributed by atoms with Crippen molar-refractivity contribution in [3.63, 3.8) is 0 Å². The molecule has 0 bridgehead atoms. The zero-order valence-corrected chi connectivity index (χ0v) is 11.1. The minimum atomic E-state index is -0.612. The second-order valence-corrected chi connectivity index (χ2v) is 4.56. The van der Waals surface area contributed by atoms with E-state index in [2.05, 4.69) is 16.8 Å². The molecule has 1 aromatic rings. The fraction of sp³-hybridized carbons (Fsp3) is 0.615. The summed E-state index contributed by atoms with van der Waals surface area (Å²) in [6.45, 7) is 5.45. The number of hydrogen-bond donors (Lipinski definition) is 3. The van der Waals surface area contributed by atoms with E-state index >= 15 is 0 Å². The van der Waals surface area contributed by atoms with Crippen LogP contribution in [-0.2, 0) is 0 Å². The molecule has 2 atom stereocenters. The summed E-state index contributed by atoms with van der Waals surface area (Å²) < 4.78 is 0. The van der Waals surface area contributed by atoms with Crippen molar-refractivity contribution in [1.29, 1.82) is 0 Å². The molecule has 0 aliphatic heterocycles. The molecule has 1 aromatic heterocycles. The maximum absolute atomic E-state index is 10.1. The van der Waals surface area contributed by atoms with Crippen LogP contribution in [0.4, 0.5) is 5.82 Å². The standard InChI is InChI=1S/C13H23N3O2/c1-3-6-16(10(2)9-17)8-12(18)11-4-5-13(14)15-7-11/h4-5,7,10,12,17-18H,3,6,8-9H2,1-2H3,(H2,14,15)/t10-,12+/m0/s1. The number of nitrogens with zero attached hydrogens (tertiary/aromatic N) is 2. The van der Waals surface area contributed by atoms with Gasteiger partial charge in [0.1, 0.15) is 5.82 Å². The second kappa shape index (κ2) is 7.31. The Hall–Kier alpha value is -1.17. The van der Waals surface area contributed by atoms with Crippen molar-refractivity contribution < 1.29 is 10.2 Å². The van der Waals surface area contributed by atoms with Gasteiger partial charge >= 0.3 is 0 Å². The van der Waals surface area contributed by atoms with Crippen molar-refractivity contribution in [1.82, 2.24) is 9.88 Å². The number of rotatable bonds is 7.